The Bertz CT molecular complexity index is 514. The monoisotopic (exact) mass is 348 g/mol. The quantitative estimate of drug-likeness (QED) is 0.783. The van der Waals surface area contributed by atoms with Crippen molar-refractivity contribution in [1.82, 2.24) is 9.80 Å². The molecule has 1 saturated heterocycles. The summed E-state index contributed by atoms with van der Waals surface area (Å²) in [5.74, 6) is 0.131. The first kappa shape index (κ1) is 14.8. The van der Waals surface area contributed by atoms with Crippen molar-refractivity contribution in [1.29, 1.82) is 0 Å². The van der Waals surface area contributed by atoms with Crippen LogP contribution in [0.3, 0.4) is 0 Å². The van der Waals surface area contributed by atoms with Gasteiger partial charge >= 0.3 is 0 Å². The van der Waals surface area contributed by atoms with Crippen LogP contribution in [0.2, 0.25) is 0 Å². The Kier molecular flexibility index (Phi) is 4.76. The van der Waals surface area contributed by atoms with Gasteiger partial charge in [0.15, 0.2) is 0 Å². The minimum absolute atomic E-state index is 0.131. The maximum Gasteiger partial charge on any atom is 0.246 e. The lowest BCUT2D eigenvalue weighted by molar-refractivity contribution is -0.128. The third-order valence-electron chi connectivity index (χ3n) is 4.51. The highest BCUT2D eigenvalue weighted by Gasteiger charge is 2.28. The number of benzene rings is 1. The van der Waals surface area contributed by atoms with Gasteiger partial charge in [0.25, 0.3) is 0 Å². The van der Waals surface area contributed by atoms with Crippen LogP contribution < -0.4 is 0 Å². The third-order valence-corrected chi connectivity index (χ3v) is 5.03. The smallest absolute Gasteiger partial charge is 0.246 e. The van der Waals surface area contributed by atoms with E-state index >= 15 is 0 Å². The standard InChI is InChI=1S/C17H21BrN2O/c18-15-7-4-14(5-8-15)6-9-17(21)20-12-10-19(11-13-20)16-2-1-3-16/h4-9,16H,1-3,10-13H2/b9-6+. The van der Waals surface area contributed by atoms with Crippen molar-refractivity contribution in [3.05, 3.63) is 40.4 Å². The lowest BCUT2D eigenvalue weighted by Crippen LogP contribution is -2.53. The summed E-state index contributed by atoms with van der Waals surface area (Å²) in [5, 5.41) is 0. The molecule has 1 aromatic carbocycles. The molecular formula is C17H21BrN2O. The first-order chi connectivity index (χ1) is 10.2. The fraction of sp³-hybridized carbons (Fsp3) is 0.471. The molecule has 112 valence electrons. The fourth-order valence-corrected chi connectivity index (χ4v) is 3.17. The third kappa shape index (κ3) is 3.74. The van der Waals surface area contributed by atoms with Gasteiger partial charge in [0, 0.05) is 42.8 Å². The molecule has 0 bridgehead atoms. The number of amides is 1. The molecule has 1 aromatic rings. The van der Waals surface area contributed by atoms with Gasteiger partial charge in [-0.25, -0.2) is 0 Å². The predicted molar refractivity (Wildman–Crippen MR) is 89.0 cm³/mol. The van der Waals surface area contributed by atoms with E-state index in [2.05, 4.69) is 20.8 Å². The van der Waals surface area contributed by atoms with E-state index in [0.29, 0.717) is 0 Å². The normalized spacial score (nSPS) is 20.7. The van der Waals surface area contributed by atoms with Crippen LogP contribution in [-0.4, -0.2) is 47.9 Å². The molecule has 0 aromatic heterocycles. The molecule has 1 aliphatic heterocycles. The Labute approximate surface area is 134 Å². The summed E-state index contributed by atoms with van der Waals surface area (Å²) in [4.78, 5) is 16.7. The number of piperazine rings is 1. The number of hydrogen-bond acceptors (Lipinski definition) is 2. The van der Waals surface area contributed by atoms with E-state index in [1.807, 2.05) is 35.2 Å². The van der Waals surface area contributed by atoms with Crippen LogP contribution in [0.1, 0.15) is 24.8 Å². The van der Waals surface area contributed by atoms with Crippen molar-refractivity contribution in [2.75, 3.05) is 26.2 Å². The van der Waals surface area contributed by atoms with Gasteiger partial charge in [0.1, 0.15) is 0 Å². The zero-order valence-electron chi connectivity index (χ0n) is 12.2. The van der Waals surface area contributed by atoms with Gasteiger partial charge in [-0.1, -0.05) is 34.5 Å². The van der Waals surface area contributed by atoms with E-state index in [1.54, 1.807) is 6.08 Å². The van der Waals surface area contributed by atoms with Crippen molar-refractivity contribution in [3.8, 4) is 0 Å². The Balaban J connectivity index is 1.50. The van der Waals surface area contributed by atoms with Gasteiger partial charge in [0.2, 0.25) is 5.91 Å². The second-order valence-electron chi connectivity index (χ2n) is 5.83. The van der Waals surface area contributed by atoms with E-state index in [-0.39, 0.29) is 5.91 Å². The maximum absolute atomic E-state index is 12.2. The zero-order chi connectivity index (χ0) is 14.7. The molecule has 0 N–H and O–H groups in total. The number of carbonyl (C=O) groups excluding carboxylic acids is 1. The molecule has 1 heterocycles. The van der Waals surface area contributed by atoms with E-state index in [4.69, 9.17) is 0 Å². The Morgan fingerprint density at radius 2 is 1.76 bits per heavy atom. The number of hydrogen-bond donors (Lipinski definition) is 0. The van der Waals surface area contributed by atoms with Crippen LogP contribution in [0.25, 0.3) is 6.08 Å². The highest BCUT2D eigenvalue weighted by atomic mass is 79.9. The largest absolute Gasteiger partial charge is 0.337 e. The molecule has 3 rings (SSSR count). The second kappa shape index (κ2) is 6.75. The molecule has 1 saturated carbocycles. The fourth-order valence-electron chi connectivity index (χ4n) is 2.91. The molecule has 0 atom stereocenters. The van der Waals surface area contributed by atoms with E-state index in [1.165, 1.54) is 19.3 Å². The van der Waals surface area contributed by atoms with Crippen LogP contribution in [0.4, 0.5) is 0 Å². The number of halogens is 1. The van der Waals surface area contributed by atoms with E-state index in [9.17, 15) is 4.79 Å². The molecule has 0 unspecified atom stereocenters. The predicted octanol–water partition coefficient (Wildman–Crippen LogP) is 3.16. The van der Waals surface area contributed by atoms with Crippen molar-refractivity contribution in [3.63, 3.8) is 0 Å². The first-order valence-corrected chi connectivity index (χ1v) is 8.48. The number of rotatable bonds is 3. The maximum atomic E-state index is 12.2. The van der Waals surface area contributed by atoms with Crippen LogP contribution in [0.5, 0.6) is 0 Å². The Morgan fingerprint density at radius 1 is 1.10 bits per heavy atom. The van der Waals surface area contributed by atoms with Crippen molar-refractivity contribution in [2.24, 2.45) is 0 Å². The highest BCUT2D eigenvalue weighted by molar-refractivity contribution is 9.10. The molecule has 2 aliphatic rings. The van der Waals surface area contributed by atoms with E-state index < -0.39 is 0 Å². The average molecular weight is 349 g/mol. The minimum Gasteiger partial charge on any atom is -0.337 e. The van der Waals surface area contributed by atoms with Crippen LogP contribution in [0, 0.1) is 0 Å². The van der Waals surface area contributed by atoms with Gasteiger partial charge in [-0.3, -0.25) is 9.69 Å². The van der Waals surface area contributed by atoms with Crippen molar-refractivity contribution < 1.29 is 4.79 Å². The Morgan fingerprint density at radius 3 is 2.33 bits per heavy atom. The summed E-state index contributed by atoms with van der Waals surface area (Å²) in [7, 11) is 0. The molecule has 21 heavy (non-hydrogen) atoms. The second-order valence-corrected chi connectivity index (χ2v) is 6.75. The summed E-state index contributed by atoms with van der Waals surface area (Å²) < 4.78 is 1.05. The van der Waals surface area contributed by atoms with Gasteiger partial charge < -0.3 is 4.90 Å². The molecule has 0 radical (unpaired) electrons. The van der Waals surface area contributed by atoms with Gasteiger partial charge in [0.05, 0.1) is 0 Å². The lowest BCUT2D eigenvalue weighted by atomic mass is 9.91. The number of carbonyl (C=O) groups is 1. The highest BCUT2D eigenvalue weighted by Crippen LogP contribution is 2.25. The zero-order valence-corrected chi connectivity index (χ0v) is 13.8. The summed E-state index contributed by atoms with van der Waals surface area (Å²) in [6, 6.07) is 8.77. The van der Waals surface area contributed by atoms with Gasteiger partial charge in [-0.2, -0.15) is 0 Å². The van der Waals surface area contributed by atoms with Crippen LogP contribution in [-0.2, 0) is 4.79 Å². The summed E-state index contributed by atoms with van der Waals surface area (Å²) in [6.07, 6.45) is 7.66. The average Bonchev–Trinajstić information content (AvgIpc) is 2.45. The minimum atomic E-state index is 0.131. The summed E-state index contributed by atoms with van der Waals surface area (Å²) in [6.45, 7) is 3.78. The topological polar surface area (TPSA) is 23.6 Å². The van der Waals surface area contributed by atoms with Crippen molar-refractivity contribution in [2.45, 2.75) is 25.3 Å². The van der Waals surface area contributed by atoms with Crippen LogP contribution >= 0.6 is 15.9 Å². The first-order valence-electron chi connectivity index (χ1n) is 7.69. The van der Waals surface area contributed by atoms with E-state index in [0.717, 1.165) is 42.3 Å². The summed E-state index contributed by atoms with van der Waals surface area (Å²) in [5.41, 5.74) is 1.06. The number of nitrogens with zero attached hydrogens (tertiary/aromatic N) is 2. The Hall–Kier alpha value is -1.13. The van der Waals surface area contributed by atoms with Gasteiger partial charge in [-0.05, 0) is 36.6 Å². The SMILES string of the molecule is O=C(/C=C/c1ccc(Br)cc1)N1CCN(C2CCC2)CC1. The molecule has 3 nitrogen and oxygen atoms in total. The van der Waals surface area contributed by atoms with Crippen LogP contribution in [0.15, 0.2) is 34.8 Å². The molecule has 0 spiro atoms. The molecule has 1 amide bonds. The summed E-state index contributed by atoms with van der Waals surface area (Å²) >= 11 is 3.41. The lowest BCUT2D eigenvalue weighted by Gasteiger charge is -2.42. The molecular weight excluding hydrogens is 328 g/mol. The van der Waals surface area contributed by atoms with Crippen molar-refractivity contribution >= 4 is 27.9 Å². The molecule has 2 fully saturated rings. The van der Waals surface area contributed by atoms with Gasteiger partial charge in [-0.15, -0.1) is 0 Å². The molecule has 4 heteroatoms. The molecule has 1 aliphatic carbocycles.